The second-order valence-electron chi connectivity index (χ2n) is 12.1. The summed E-state index contributed by atoms with van der Waals surface area (Å²) < 4.78 is 154. The first-order valence-electron chi connectivity index (χ1n) is 14.6. The number of likely N-dealkylation sites (tertiary alicyclic amines) is 1. The van der Waals surface area contributed by atoms with Crippen LogP contribution in [0.5, 0.6) is 0 Å². The van der Waals surface area contributed by atoms with Gasteiger partial charge < -0.3 is 14.9 Å². The highest BCUT2D eigenvalue weighted by Gasteiger charge is 2.74. The number of carbonyl (C=O) groups excluding carboxylic acids is 1. The Morgan fingerprint density at radius 1 is 0.936 bits per heavy atom. The van der Waals surface area contributed by atoms with Gasteiger partial charge in [0.1, 0.15) is 10.6 Å². The van der Waals surface area contributed by atoms with Crippen LogP contribution in [0.15, 0.2) is 47.4 Å². The maximum atomic E-state index is 16.2. The van der Waals surface area contributed by atoms with Crippen molar-refractivity contribution in [3.8, 4) is 0 Å². The molecule has 1 amide bonds. The van der Waals surface area contributed by atoms with Gasteiger partial charge in [0, 0.05) is 30.9 Å². The van der Waals surface area contributed by atoms with Crippen LogP contribution in [-0.4, -0.2) is 74.0 Å². The Morgan fingerprint density at radius 3 is 2.02 bits per heavy atom. The molecule has 2 aromatic carbocycles. The van der Waals surface area contributed by atoms with Crippen LogP contribution in [-0.2, 0) is 29.8 Å². The second-order valence-corrected chi connectivity index (χ2v) is 14.3. The van der Waals surface area contributed by atoms with Crippen molar-refractivity contribution in [1.82, 2.24) is 4.90 Å². The van der Waals surface area contributed by atoms with Crippen molar-refractivity contribution >= 4 is 27.4 Å². The first kappa shape index (κ1) is 34.8. The Labute approximate surface area is 263 Å². The monoisotopic (exact) mass is 700 g/mol. The van der Waals surface area contributed by atoms with E-state index in [1.165, 1.54) is 11.8 Å². The van der Waals surface area contributed by atoms with Gasteiger partial charge >= 0.3 is 24.0 Å². The van der Waals surface area contributed by atoms with Gasteiger partial charge in [0.25, 0.3) is 5.91 Å². The molecule has 1 saturated carbocycles. The van der Waals surface area contributed by atoms with E-state index in [9.17, 15) is 53.8 Å². The highest BCUT2D eigenvalue weighted by molar-refractivity contribution is 7.92. The molecular formula is C30H29F9N2O5S. The van der Waals surface area contributed by atoms with Crippen LogP contribution in [0.4, 0.5) is 45.2 Å². The number of amides is 1. The van der Waals surface area contributed by atoms with Crippen LogP contribution in [0, 0.1) is 11.7 Å². The van der Waals surface area contributed by atoms with Crippen LogP contribution in [0.3, 0.4) is 0 Å². The number of carbonyl (C=O) groups is 2. The second kappa shape index (κ2) is 11.3. The van der Waals surface area contributed by atoms with E-state index in [2.05, 4.69) is 0 Å². The lowest BCUT2D eigenvalue weighted by Crippen LogP contribution is -2.61. The summed E-state index contributed by atoms with van der Waals surface area (Å²) in [5.41, 5.74) is -11.0. The summed E-state index contributed by atoms with van der Waals surface area (Å²) >= 11 is 0. The number of anilines is 1. The van der Waals surface area contributed by atoms with E-state index in [0.29, 0.717) is 12.1 Å². The first-order valence-corrected chi connectivity index (χ1v) is 16.1. The van der Waals surface area contributed by atoms with Crippen LogP contribution in [0.2, 0.25) is 0 Å². The van der Waals surface area contributed by atoms with Gasteiger partial charge in [0.05, 0.1) is 16.9 Å². The number of sulfone groups is 1. The van der Waals surface area contributed by atoms with Crippen molar-refractivity contribution < 1.29 is 62.6 Å². The minimum atomic E-state index is -6.45. The predicted octanol–water partition coefficient (Wildman–Crippen LogP) is 6.21. The van der Waals surface area contributed by atoms with E-state index in [-0.39, 0.29) is 31.0 Å². The number of carboxylic acid groups (broad SMARTS) is 1. The smallest absolute Gasteiger partial charge is 0.435 e. The molecule has 1 N–H and O–H groups in total. The molecule has 1 aliphatic carbocycles. The lowest BCUT2D eigenvalue weighted by atomic mass is 9.78. The predicted molar refractivity (Wildman–Crippen MR) is 148 cm³/mol. The quantitative estimate of drug-likeness (QED) is 0.285. The molecule has 2 fully saturated rings. The number of nitrogens with zero attached hydrogens (tertiary/aromatic N) is 2. The molecule has 0 bridgehead atoms. The molecule has 17 heteroatoms. The van der Waals surface area contributed by atoms with Gasteiger partial charge in [0.15, 0.2) is 15.5 Å². The maximum absolute atomic E-state index is 16.2. The number of rotatable bonds is 6. The number of carboxylic acids is 1. The number of aliphatic carboxylic acids is 1. The number of hydrogen-bond acceptors (Lipinski definition) is 5. The molecule has 1 saturated heterocycles. The van der Waals surface area contributed by atoms with Gasteiger partial charge in [0.2, 0.25) is 0 Å². The largest absolute Gasteiger partial charge is 0.481 e. The highest BCUT2D eigenvalue weighted by atomic mass is 32.2. The molecule has 7 nitrogen and oxygen atoms in total. The van der Waals surface area contributed by atoms with E-state index in [1.807, 2.05) is 0 Å². The van der Waals surface area contributed by atoms with Crippen molar-refractivity contribution in [2.75, 3.05) is 24.5 Å². The van der Waals surface area contributed by atoms with Crippen LogP contribution in [0.1, 0.15) is 50.2 Å². The molecule has 2 aromatic rings. The zero-order valence-electron chi connectivity index (χ0n) is 24.6. The summed E-state index contributed by atoms with van der Waals surface area (Å²) in [5, 5.41) is 9.31. The number of likely N-dealkylation sites (N-methyl/N-ethyl adjacent to an activating group) is 1. The third kappa shape index (κ3) is 5.14. The molecular weight excluding hydrogens is 671 g/mol. The summed E-state index contributed by atoms with van der Waals surface area (Å²) in [6.45, 7) is 0.373. The average molecular weight is 701 g/mol. The Bertz CT molecular complexity index is 1660. The number of benzene rings is 2. The van der Waals surface area contributed by atoms with E-state index >= 15 is 8.78 Å². The minimum Gasteiger partial charge on any atom is -0.481 e. The minimum absolute atomic E-state index is 0.153. The topological polar surface area (TPSA) is 95.0 Å². The standard InChI is InChI=1S/C30H29F9N2O5S/c1-2-40-16-23-27(47(45,46)20-6-4-19(31)5-7-20,13-14-41(23)25(44)26(32)11-9-17(10-12-26)24(42)43)21-8-3-18(15-22(21)40)28(33,29(34,35)36)30(37,38)39/h3-8,15,17,23H,2,9-14,16H2,1H3,(H,42,43). The molecule has 0 radical (unpaired) electrons. The van der Waals surface area contributed by atoms with Crippen molar-refractivity contribution in [2.45, 2.75) is 78.4 Å². The fourth-order valence-corrected chi connectivity index (χ4v) is 9.50. The van der Waals surface area contributed by atoms with Gasteiger partial charge in [-0.15, -0.1) is 0 Å². The van der Waals surface area contributed by atoms with Gasteiger partial charge in [-0.1, -0.05) is 12.1 Å². The van der Waals surface area contributed by atoms with Crippen molar-refractivity contribution in [3.05, 3.63) is 59.4 Å². The van der Waals surface area contributed by atoms with E-state index in [1.54, 1.807) is 0 Å². The zero-order chi connectivity index (χ0) is 35.0. The summed E-state index contributed by atoms with van der Waals surface area (Å²) in [5.74, 6) is -4.01. The van der Waals surface area contributed by atoms with Crippen LogP contribution in [0.25, 0.3) is 0 Å². The van der Waals surface area contributed by atoms with Crippen molar-refractivity contribution in [2.24, 2.45) is 5.92 Å². The normalized spacial score (nSPS) is 26.9. The Hall–Kier alpha value is -3.50. The molecule has 47 heavy (non-hydrogen) atoms. The van der Waals surface area contributed by atoms with Gasteiger partial charge in [-0.2, -0.15) is 26.3 Å². The fourth-order valence-electron chi connectivity index (χ4n) is 7.20. The van der Waals surface area contributed by atoms with Crippen molar-refractivity contribution in [1.29, 1.82) is 0 Å². The van der Waals surface area contributed by atoms with E-state index in [0.717, 1.165) is 29.2 Å². The third-order valence-electron chi connectivity index (χ3n) is 9.76. The number of alkyl halides is 8. The van der Waals surface area contributed by atoms with Gasteiger partial charge in [-0.05, 0) is 74.9 Å². The lowest BCUT2D eigenvalue weighted by Gasteiger charge is -2.48. The third-order valence-corrected chi connectivity index (χ3v) is 12.3. The van der Waals surface area contributed by atoms with Crippen molar-refractivity contribution in [3.63, 3.8) is 0 Å². The lowest BCUT2D eigenvalue weighted by molar-refractivity contribution is -0.348. The molecule has 0 spiro atoms. The highest BCUT2D eigenvalue weighted by Crippen LogP contribution is 2.58. The summed E-state index contributed by atoms with van der Waals surface area (Å²) in [6, 6.07) is 3.16. The van der Waals surface area contributed by atoms with Gasteiger partial charge in [-0.3, -0.25) is 9.59 Å². The maximum Gasteiger partial charge on any atom is 0.435 e. The molecule has 258 valence electrons. The summed E-state index contributed by atoms with van der Waals surface area (Å²) in [4.78, 5) is 26.9. The summed E-state index contributed by atoms with van der Waals surface area (Å²) in [6.07, 6.45) is -14.7. The van der Waals surface area contributed by atoms with E-state index in [4.69, 9.17) is 0 Å². The fraction of sp³-hybridized carbons (Fsp3) is 0.533. The summed E-state index contributed by atoms with van der Waals surface area (Å²) in [7, 11) is -4.79. The molecule has 2 unspecified atom stereocenters. The zero-order valence-corrected chi connectivity index (χ0v) is 25.5. The molecule has 2 atom stereocenters. The molecule has 5 rings (SSSR count). The average Bonchev–Trinajstić information content (AvgIpc) is 3.39. The Balaban J connectivity index is 1.70. The molecule has 2 aliphatic heterocycles. The van der Waals surface area contributed by atoms with Crippen LogP contribution >= 0.6 is 0 Å². The molecule has 3 aliphatic rings. The molecule has 0 aromatic heterocycles. The number of fused-ring (bicyclic) bond motifs is 3. The SMILES string of the molecule is CCN1CC2N(C(=O)C3(F)CCC(C(=O)O)CC3)CCC2(S(=O)(=O)c2ccc(F)cc2)c2ccc(C(F)(C(F)(F)F)C(F)(F)F)cc21. The Morgan fingerprint density at radius 2 is 1.51 bits per heavy atom. The van der Waals surface area contributed by atoms with E-state index < -0.39 is 116 Å². The van der Waals surface area contributed by atoms with Crippen LogP contribution < -0.4 is 4.90 Å². The number of halogens is 9. The van der Waals surface area contributed by atoms with Gasteiger partial charge in [-0.25, -0.2) is 21.6 Å². The molecule has 2 heterocycles. The first-order chi connectivity index (χ1) is 21.7. The number of hydrogen-bond donors (Lipinski definition) is 1. The Kier molecular flexibility index (Phi) is 8.37.